The molecular formula is C19H23NOS. The fraction of sp³-hybridized carbons (Fsp3) is 0.316. The van der Waals surface area contributed by atoms with Crippen molar-refractivity contribution < 1.29 is 4.79 Å². The van der Waals surface area contributed by atoms with Crippen LogP contribution in [-0.4, -0.2) is 23.6 Å². The zero-order chi connectivity index (χ0) is 15.9. The highest BCUT2D eigenvalue weighted by atomic mass is 32.2. The number of thioether (sulfide) groups is 1. The third-order valence-corrected chi connectivity index (χ3v) is 4.80. The molecule has 2 nitrogen and oxygen atoms in total. The van der Waals surface area contributed by atoms with Crippen molar-refractivity contribution in [1.82, 2.24) is 4.90 Å². The number of amides is 1. The van der Waals surface area contributed by atoms with Crippen molar-refractivity contribution >= 4 is 17.7 Å². The molecule has 0 radical (unpaired) electrons. The predicted molar refractivity (Wildman–Crippen MR) is 95.2 cm³/mol. The number of nitrogens with zero attached hydrogens (tertiary/aromatic N) is 1. The summed E-state index contributed by atoms with van der Waals surface area (Å²) in [6.45, 7) is 4.21. The van der Waals surface area contributed by atoms with E-state index >= 15 is 0 Å². The third-order valence-electron chi connectivity index (χ3n) is 3.86. The lowest BCUT2D eigenvalue weighted by atomic mass is 10.1. The number of rotatable bonds is 6. The molecule has 1 atom stereocenters. The average molecular weight is 313 g/mol. The van der Waals surface area contributed by atoms with E-state index < -0.39 is 0 Å². The van der Waals surface area contributed by atoms with Gasteiger partial charge in [-0.3, -0.25) is 4.79 Å². The van der Waals surface area contributed by atoms with E-state index in [9.17, 15) is 4.79 Å². The minimum Gasteiger partial charge on any atom is -0.335 e. The molecule has 2 aromatic rings. The Morgan fingerprint density at radius 1 is 1.09 bits per heavy atom. The molecule has 3 heteroatoms. The van der Waals surface area contributed by atoms with E-state index in [2.05, 4.69) is 38.1 Å². The van der Waals surface area contributed by atoms with Gasteiger partial charge < -0.3 is 4.90 Å². The highest BCUT2D eigenvalue weighted by molar-refractivity contribution is 7.98. The molecule has 0 heterocycles. The first-order valence-corrected chi connectivity index (χ1v) is 8.77. The van der Waals surface area contributed by atoms with Gasteiger partial charge in [0.15, 0.2) is 0 Å². The van der Waals surface area contributed by atoms with Crippen molar-refractivity contribution in [3.8, 4) is 0 Å². The Kier molecular flexibility index (Phi) is 6.08. The van der Waals surface area contributed by atoms with Crippen LogP contribution in [-0.2, 0) is 5.75 Å². The third kappa shape index (κ3) is 4.14. The first-order valence-electron chi connectivity index (χ1n) is 7.62. The molecule has 0 aliphatic heterocycles. The van der Waals surface area contributed by atoms with E-state index in [0.717, 1.165) is 22.6 Å². The van der Waals surface area contributed by atoms with E-state index in [1.807, 2.05) is 49.1 Å². The number of carbonyl (C=O) groups is 1. The van der Waals surface area contributed by atoms with Crippen molar-refractivity contribution in [3.05, 3.63) is 71.3 Å². The lowest BCUT2D eigenvalue weighted by Gasteiger charge is -2.25. The zero-order valence-corrected chi connectivity index (χ0v) is 14.3. The molecule has 0 aliphatic carbocycles. The van der Waals surface area contributed by atoms with Crippen LogP contribution in [0.15, 0.2) is 54.6 Å². The molecular weight excluding hydrogens is 290 g/mol. The van der Waals surface area contributed by atoms with E-state index in [1.165, 1.54) is 5.56 Å². The summed E-state index contributed by atoms with van der Waals surface area (Å²) in [5.74, 6) is 2.17. The van der Waals surface area contributed by atoms with Crippen molar-refractivity contribution in [1.29, 1.82) is 0 Å². The number of hydrogen-bond acceptors (Lipinski definition) is 2. The number of carbonyl (C=O) groups excluding carboxylic acids is 1. The largest absolute Gasteiger partial charge is 0.335 e. The molecule has 0 fully saturated rings. The molecule has 0 N–H and O–H groups in total. The van der Waals surface area contributed by atoms with Gasteiger partial charge in [-0.25, -0.2) is 0 Å². The van der Waals surface area contributed by atoms with E-state index in [-0.39, 0.29) is 11.9 Å². The molecule has 0 saturated heterocycles. The van der Waals surface area contributed by atoms with Gasteiger partial charge in [-0.05, 0) is 35.9 Å². The maximum atomic E-state index is 12.6. The lowest BCUT2D eigenvalue weighted by molar-refractivity contribution is 0.0742. The van der Waals surface area contributed by atoms with Crippen molar-refractivity contribution in [2.24, 2.45) is 0 Å². The summed E-state index contributed by atoms with van der Waals surface area (Å²) in [7, 11) is 1.86. The van der Waals surface area contributed by atoms with Crippen LogP contribution in [0.4, 0.5) is 0 Å². The second-order valence-electron chi connectivity index (χ2n) is 5.34. The first kappa shape index (κ1) is 16.6. The molecule has 1 unspecified atom stereocenters. The minimum absolute atomic E-state index is 0.0593. The second-order valence-corrected chi connectivity index (χ2v) is 6.61. The molecule has 0 bridgehead atoms. The van der Waals surface area contributed by atoms with Gasteiger partial charge in [0.2, 0.25) is 0 Å². The molecule has 22 heavy (non-hydrogen) atoms. The van der Waals surface area contributed by atoms with E-state index in [4.69, 9.17) is 0 Å². The molecule has 2 aromatic carbocycles. The fourth-order valence-electron chi connectivity index (χ4n) is 2.30. The monoisotopic (exact) mass is 313 g/mol. The molecule has 0 saturated carbocycles. The Labute approximate surface area is 137 Å². The Bertz CT molecular complexity index is 595. The van der Waals surface area contributed by atoms with Crippen LogP contribution in [0.25, 0.3) is 0 Å². The maximum absolute atomic E-state index is 12.6. The standard InChI is InChI=1S/C19H23NOS/c1-4-22-14-16-10-12-18(13-11-16)19(21)20(3)15(2)17-8-6-5-7-9-17/h5-13,15H,4,14H2,1-3H3. The predicted octanol–water partition coefficient (Wildman–Crippen LogP) is 4.77. The Morgan fingerprint density at radius 3 is 2.32 bits per heavy atom. The summed E-state index contributed by atoms with van der Waals surface area (Å²) < 4.78 is 0. The van der Waals surface area contributed by atoms with Gasteiger partial charge in [0.25, 0.3) is 5.91 Å². The first-order chi connectivity index (χ1) is 10.6. The van der Waals surface area contributed by atoms with Crippen molar-refractivity contribution in [2.45, 2.75) is 25.6 Å². The molecule has 116 valence electrons. The fourth-order valence-corrected chi connectivity index (χ4v) is 2.93. The minimum atomic E-state index is 0.0593. The molecule has 2 rings (SSSR count). The highest BCUT2D eigenvalue weighted by Crippen LogP contribution is 2.21. The second kappa shape index (κ2) is 8.04. The van der Waals surface area contributed by atoms with Gasteiger partial charge in [0.05, 0.1) is 6.04 Å². The number of hydrogen-bond donors (Lipinski definition) is 0. The van der Waals surface area contributed by atoms with Crippen LogP contribution in [0.1, 0.15) is 41.4 Å². The van der Waals surface area contributed by atoms with Gasteiger partial charge in [0, 0.05) is 18.4 Å². The van der Waals surface area contributed by atoms with Crippen LogP contribution in [0, 0.1) is 0 Å². The summed E-state index contributed by atoms with van der Waals surface area (Å²) in [5.41, 5.74) is 3.16. The lowest BCUT2D eigenvalue weighted by Crippen LogP contribution is -2.29. The van der Waals surface area contributed by atoms with E-state index in [0.29, 0.717) is 0 Å². The van der Waals surface area contributed by atoms with Gasteiger partial charge in [-0.1, -0.05) is 49.4 Å². The summed E-state index contributed by atoms with van der Waals surface area (Å²) in [6, 6.07) is 18.1. The normalized spacial score (nSPS) is 12.0. The topological polar surface area (TPSA) is 20.3 Å². The quantitative estimate of drug-likeness (QED) is 0.765. The van der Waals surface area contributed by atoms with Crippen LogP contribution in [0.3, 0.4) is 0 Å². The van der Waals surface area contributed by atoms with Gasteiger partial charge in [-0.2, -0.15) is 11.8 Å². The van der Waals surface area contributed by atoms with Crippen LogP contribution in [0.5, 0.6) is 0 Å². The maximum Gasteiger partial charge on any atom is 0.254 e. The Hall–Kier alpha value is -1.74. The summed E-state index contributed by atoms with van der Waals surface area (Å²) in [5, 5.41) is 0. The van der Waals surface area contributed by atoms with Gasteiger partial charge in [0.1, 0.15) is 0 Å². The van der Waals surface area contributed by atoms with Gasteiger partial charge >= 0.3 is 0 Å². The molecule has 0 aliphatic rings. The summed E-state index contributed by atoms with van der Waals surface area (Å²) >= 11 is 1.89. The van der Waals surface area contributed by atoms with Crippen molar-refractivity contribution in [3.63, 3.8) is 0 Å². The van der Waals surface area contributed by atoms with Crippen LogP contribution < -0.4 is 0 Å². The Balaban J connectivity index is 2.07. The Morgan fingerprint density at radius 2 is 1.73 bits per heavy atom. The highest BCUT2D eigenvalue weighted by Gasteiger charge is 2.18. The SMILES string of the molecule is CCSCc1ccc(C(=O)N(C)C(C)c2ccccc2)cc1. The van der Waals surface area contributed by atoms with E-state index in [1.54, 1.807) is 4.90 Å². The van der Waals surface area contributed by atoms with Crippen LogP contribution >= 0.6 is 11.8 Å². The summed E-state index contributed by atoms with van der Waals surface area (Å²) in [6.07, 6.45) is 0. The molecule has 0 spiro atoms. The van der Waals surface area contributed by atoms with Crippen molar-refractivity contribution in [2.75, 3.05) is 12.8 Å². The van der Waals surface area contributed by atoms with Crippen LogP contribution in [0.2, 0.25) is 0 Å². The zero-order valence-electron chi connectivity index (χ0n) is 13.5. The van der Waals surface area contributed by atoms with Gasteiger partial charge in [-0.15, -0.1) is 0 Å². The summed E-state index contributed by atoms with van der Waals surface area (Å²) in [4.78, 5) is 14.4. The smallest absolute Gasteiger partial charge is 0.254 e. The number of benzene rings is 2. The average Bonchev–Trinajstić information content (AvgIpc) is 2.59. The molecule has 0 aromatic heterocycles. The molecule has 1 amide bonds.